The van der Waals surface area contributed by atoms with Crippen molar-refractivity contribution < 1.29 is 14.3 Å². The molecule has 0 fully saturated rings. The molecule has 128 valence electrons. The molecule has 0 aliphatic carbocycles. The third-order valence-corrected chi connectivity index (χ3v) is 3.95. The lowest BCUT2D eigenvalue weighted by molar-refractivity contribution is -0.152. The number of hydrogen-bond acceptors (Lipinski definition) is 4. The summed E-state index contributed by atoms with van der Waals surface area (Å²) in [6.45, 7) is 5.20. The molecule has 0 aliphatic rings. The van der Waals surface area contributed by atoms with Crippen molar-refractivity contribution in [1.82, 2.24) is 9.78 Å². The fourth-order valence-corrected chi connectivity index (χ4v) is 2.37. The summed E-state index contributed by atoms with van der Waals surface area (Å²) in [4.78, 5) is 24.2. The average molecular weight is 350 g/mol. The van der Waals surface area contributed by atoms with Crippen LogP contribution in [0.2, 0.25) is 5.02 Å². The molecule has 0 unspecified atom stereocenters. The molecule has 0 aliphatic heterocycles. The van der Waals surface area contributed by atoms with Crippen LogP contribution in [0.1, 0.15) is 23.9 Å². The van der Waals surface area contributed by atoms with Gasteiger partial charge in [0.05, 0.1) is 23.5 Å². The lowest BCUT2D eigenvalue weighted by atomic mass is 10.1. The van der Waals surface area contributed by atoms with Gasteiger partial charge in [0.25, 0.3) is 5.91 Å². The molecule has 2 aromatic rings. The van der Waals surface area contributed by atoms with Crippen LogP contribution in [0.5, 0.6) is 0 Å². The van der Waals surface area contributed by atoms with E-state index in [0.29, 0.717) is 16.4 Å². The van der Waals surface area contributed by atoms with Gasteiger partial charge >= 0.3 is 5.97 Å². The zero-order valence-electron chi connectivity index (χ0n) is 14.1. The predicted molar refractivity (Wildman–Crippen MR) is 92.0 cm³/mol. The van der Waals surface area contributed by atoms with Gasteiger partial charge in [-0.2, -0.15) is 5.10 Å². The second-order valence-electron chi connectivity index (χ2n) is 5.59. The number of nitrogens with one attached hydrogen (secondary N) is 1. The minimum Gasteiger partial charge on any atom is -0.452 e. The molecule has 1 heterocycles. The van der Waals surface area contributed by atoms with Crippen molar-refractivity contribution in [3.63, 3.8) is 0 Å². The van der Waals surface area contributed by atoms with Gasteiger partial charge in [-0.05, 0) is 38.5 Å². The van der Waals surface area contributed by atoms with Crippen molar-refractivity contribution in [3.8, 4) is 0 Å². The molecule has 24 heavy (non-hydrogen) atoms. The Balaban J connectivity index is 1.93. The van der Waals surface area contributed by atoms with Gasteiger partial charge in [0.15, 0.2) is 6.10 Å². The molecular formula is C17H20ClN3O3. The maximum atomic E-state index is 12.2. The number of aromatic nitrogens is 2. The van der Waals surface area contributed by atoms with E-state index in [-0.39, 0.29) is 6.42 Å². The minimum absolute atomic E-state index is 0.0831. The van der Waals surface area contributed by atoms with Gasteiger partial charge in [-0.15, -0.1) is 0 Å². The van der Waals surface area contributed by atoms with Gasteiger partial charge < -0.3 is 10.1 Å². The van der Waals surface area contributed by atoms with Crippen molar-refractivity contribution in [2.75, 3.05) is 5.32 Å². The molecule has 1 atom stereocenters. The Labute approximate surface area is 145 Å². The highest BCUT2D eigenvalue weighted by Crippen LogP contribution is 2.19. The number of halogens is 1. The summed E-state index contributed by atoms with van der Waals surface area (Å²) in [6.07, 6.45) is -0.816. The molecule has 6 nitrogen and oxygen atoms in total. The normalized spacial score (nSPS) is 11.9. The maximum Gasteiger partial charge on any atom is 0.311 e. The van der Waals surface area contributed by atoms with Crippen LogP contribution in [0.4, 0.5) is 5.69 Å². The highest BCUT2D eigenvalue weighted by atomic mass is 35.5. The Hall–Kier alpha value is -2.34. The van der Waals surface area contributed by atoms with Gasteiger partial charge in [-0.3, -0.25) is 14.3 Å². The number of amides is 1. The summed E-state index contributed by atoms with van der Waals surface area (Å²) in [6, 6.07) is 6.90. The van der Waals surface area contributed by atoms with Crippen molar-refractivity contribution in [2.45, 2.75) is 33.3 Å². The second-order valence-corrected chi connectivity index (χ2v) is 6.03. The molecule has 1 N–H and O–H groups in total. The number of hydrogen-bond donors (Lipinski definition) is 1. The van der Waals surface area contributed by atoms with Gasteiger partial charge in [0, 0.05) is 12.1 Å². The van der Waals surface area contributed by atoms with E-state index in [4.69, 9.17) is 16.3 Å². The average Bonchev–Trinajstić information content (AvgIpc) is 2.75. The fraction of sp³-hybridized carbons (Fsp3) is 0.353. The van der Waals surface area contributed by atoms with E-state index in [0.717, 1.165) is 11.3 Å². The number of benzene rings is 1. The summed E-state index contributed by atoms with van der Waals surface area (Å²) < 4.78 is 6.88. The van der Waals surface area contributed by atoms with E-state index in [1.165, 1.54) is 6.92 Å². The molecule has 1 aromatic heterocycles. The van der Waals surface area contributed by atoms with Crippen LogP contribution in [-0.4, -0.2) is 27.8 Å². The summed E-state index contributed by atoms with van der Waals surface area (Å²) in [5, 5.41) is 7.59. The smallest absolute Gasteiger partial charge is 0.311 e. The topological polar surface area (TPSA) is 73.2 Å². The van der Waals surface area contributed by atoms with Crippen LogP contribution in [0.3, 0.4) is 0 Å². The van der Waals surface area contributed by atoms with E-state index in [1.807, 2.05) is 6.92 Å². The van der Waals surface area contributed by atoms with E-state index in [2.05, 4.69) is 10.4 Å². The van der Waals surface area contributed by atoms with Crippen molar-refractivity contribution in [1.29, 1.82) is 0 Å². The maximum absolute atomic E-state index is 12.2. The number of rotatable bonds is 5. The van der Waals surface area contributed by atoms with Gasteiger partial charge in [0.1, 0.15) is 0 Å². The zero-order valence-corrected chi connectivity index (χ0v) is 14.8. The third kappa shape index (κ3) is 4.35. The first-order chi connectivity index (χ1) is 11.3. The number of anilines is 1. The zero-order chi connectivity index (χ0) is 17.9. The standard InChI is InChI=1S/C17H20ClN3O3/c1-10-16(11(2)21(4)20-10)19-17(23)12(3)24-15(22)9-13-5-7-14(18)8-6-13/h5-8,12H,9H2,1-4H3,(H,19,23)/t12-/m1/s1. The van der Waals surface area contributed by atoms with Crippen LogP contribution in [0.15, 0.2) is 24.3 Å². The quantitative estimate of drug-likeness (QED) is 0.842. The molecule has 0 saturated heterocycles. The highest BCUT2D eigenvalue weighted by Gasteiger charge is 2.21. The van der Waals surface area contributed by atoms with E-state index in [1.54, 1.807) is 42.9 Å². The molecular weight excluding hydrogens is 330 g/mol. The van der Waals surface area contributed by atoms with Crippen molar-refractivity contribution >= 4 is 29.2 Å². The first-order valence-corrected chi connectivity index (χ1v) is 7.90. The number of esters is 1. The van der Waals surface area contributed by atoms with Gasteiger partial charge in [0.2, 0.25) is 0 Å². The molecule has 0 radical (unpaired) electrons. The second kappa shape index (κ2) is 7.49. The molecule has 0 spiro atoms. The largest absolute Gasteiger partial charge is 0.452 e. The minimum atomic E-state index is -0.899. The predicted octanol–water partition coefficient (Wildman–Crippen LogP) is 2.80. The van der Waals surface area contributed by atoms with Crippen LogP contribution >= 0.6 is 11.6 Å². The first-order valence-electron chi connectivity index (χ1n) is 7.53. The Morgan fingerprint density at radius 3 is 2.46 bits per heavy atom. The van der Waals surface area contributed by atoms with Crippen LogP contribution in [0.25, 0.3) is 0 Å². The molecule has 2 rings (SSSR count). The van der Waals surface area contributed by atoms with E-state index < -0.39 is 18.0 Å². The molecule has 1 aromatic carbocycles. The summed E-state index contributed by atoms with van der Waals surface area (Å²) in [7, 11) is 1.80. The van der Waals surface area contributed by atoms with Crippen LogP contribution in [0, 0.1) is 13.8 Å². The first kappa shape index (κ1) is 18.0. The Bertz CT molecular complexity index is 753. The monoisotopic (exact) mass is 349 g/mol. The number of carbonyl (C=O) groups excluding carboxylic acids is 2. The Morgan fingerprint density at radius 2 is 1.92 bits per heavy atom. The lowest BCUT2D eigenvalue weighted by Crippen LogP contribution is -2.30. The molecule has 0 saturated carbocycles. The SMILES string of the molecule is Cc1nn(C)c(C)c1NC(=O)[C@@H](C)OC(=O)Cc1ccc(Cl)cc1. The van der Waals surface area contributed by atoms with Crippen LogP contribution in [-0.2, 0) is 27.8 Å². The fourth-order valence-electron chi connectivity index (χ4n) is 2.24. The lowest BCUT2D eigenvalue weighted by Gasteiger charge is -2.14. The van der Waals surface area contributed by atoms with Gasteiger partial charge in [-0.1, -0.05) is 23.7 Å². The van der Waals surface area contributed by atoms with Crippen molar-refractivity contribution in [2.24, 2.45) is 7.05 Å². The summed E-state index contributed by atoms with van der Waals surface area (Å²) >= 11 is 5.80. The number of aryl methyl sites for hydroxylation is 2. The summed E-state index contributed by atoms with van der Waals surface area (Å²) in [5.41, 5.74) is 2.96. The Morgan fingerprint density at radius 1 is 1.29 bits per heavy atom. The van der Waals surface area contributed by atoms with E-state index in [9.17, 15) is 9.59 Å². The Kier molecular flexibility index (Phi) is 5.62. The van der Waals surface area contributed by atoms with Crippen molar-refractivity contribution in [3.05, 3.63) is 46.2 Å². The number of nitrogens with zero attached hydrogens (tertiary/aromatic N) is 2. The molecule has 0 bridgehead atoms. The molecule has 7 heteroatoms. The van der Waals surface area contributed by atoms with Gasteiger partial charge in [-0.25, -0.2) is 0 Å². The number of carbonyl (C=O) groups is 2. The highest BCUT2D eigenvalue weighted by molar-refractivity contribution is 6.30. The third-order valence-electron chi connectivity index (χ3n) is 3.70. The van der Waals surface area contributed by atoms with Crippen LogP contribution < -0.4 is 5.32 Å². The summed E-state index contributed by atoms with van der Waals surface area (Å²) in [5.74, 6) is -0.863. The van der Waals surface area contributed by atoms with E-state index >= 15 is 0 Å². The number of ether oxygens (including phenoxy) is 1. The molecule has 1 amide bonds.